The van der Waals surface area contributed by atoms with E-state index in [1.165, 1.54) is 0 Å². The van der Waals surface area contributed by atoms with Crippen LogP contribution >= 0.6 is 0 Å². The first-order valence-corrected chi connectivity index (χ1v) is 10.4. The number of nitrogens with one attached hydrogen (secondary N) is 1. The number of nitrogens with two attached hydrogens (primary N) is 1. The van der Waals surface area contributed by atoms with Crippen LogP contribution in [0.2, 0.25) is 0 Å². The summed E-state index contributed by atoms with van der Waals surface area (Å²) < 4.78 is 0. The Balaban J connectivity index is 1.54. The first-order valence-electron chi connectivity index (χ1n) is 10.4. The molecule has 7 nitrogen and oxygen atoms in total. The number of hydrogen-bond donors (Lipinski definition) is 2. The predicted octanol–water partition coefficient (Wildman–Crippen LogP) is 4.39. The Morgan fingerprint density at radius 1 is 0.719 bits per heavy atom. The number of nitrogen functional groups attached to an aromatic ring is 1. The molecular formula is C25H21N7. The molecule has 0 bridgehead atoms. The lowest BCUT2D eigenvalue weighted by atomic mass is 10.0. The van der Waals surface area contributed by atoms with Crippen LogP contribution in [0.5, 0.6) is 0 Å². The topological polar surface area (TPSA) is 102 Å². The molecule has 5 rings (SSSR count). The van der Waals surface area contributed by atoms with Crippen LogP contribution < -0.4 is 11.1 Å². The van der Waals surface area contributed by atoms with Crippen molar-refractivity contribution >= 4 is 22.5 Å². The summed E-state index contributed by atoms with van der Waals surface area (Å²) in [6.45, 7) is 0.592. The largest absolute Gasteiger partial charge is 0.381 e. The number of benzene rings is 2. The standard InChI is InChI=1S/C25H21N7/c26-24-25(30-15-11-21-28-13-5-14-29-21)32-23(22(31-24)17-6-2-1-3-7-17)19-9-10-20-18(16-19)8-4-12-27-20/h1-10,12-14,16H,11,15H2,(H2,26,31)(H,30,32). The molecule has 0 radical (unpaired) electrons. The van der Waals surface area contributed by atoms with Crippen LogP contribution in [0.4, 0.5) is 11.6 Å². The fraction of sp³-hybridized carbons (Fsp3) is 0.0800. The lowest BCUT2D eigenvalue weighted by Crippen LogP contribution is -2.12. The van der Waals surface area contributed by atoms with Crippen molar-refractivity contribution in [3.63, 3.8) is 0 Å². The second-order valence-corrected chi connectivity index (χ2v) is 7.27. The van der Waals surface area contributed by atoms with Gasteiger partial charge in [0.2, 0.25) is 0 Å². The van der Waals surface area contributed by atoms with Crippen molar-refractivity contribution in [2.24, 2.45) is 0 Å². The molecule has 7 heteroatoms. The van der Waals surface area contributed by atoms with Crippen molar-refractivity contribution in [2.75, 3.05) is 17.6 Å². The van der Waals surface area contributed by atoms with Gasteiger partial charge in [0.25, 0.3) is 0 Å². The summed E-state index contributed by atoms with van der Waals surface area (Å²) in [5.74, 6) is 1.65. The molecule has 0 saturated heterocycles. The normalized spacial score (nSPS) is 10.9. The molecule has 0 saturated carbocycles. The van der Waals surface area contributed by atoms with Crippen molar-refractivity contribution in [3.8, 4) is 22.5 Å². The van der Waals surface area contributed by atoms with Gasteiger partial charge < -0.3 is 11.1 Å². The molecule has 3 N–H and O–H groups in total. The van der Waals surface area contributed by atoms with Crippen LogP contribution in [0.1, 0.15) is 5.82 Å². The summed E-state index contributed by atoms with van der Waals surface area (Å²) in [6, 6.07) is 21.8. The van der Waals surface area contributed by atoms with Crippen LogP contribution in [0, 0.1) is 0 Å². The fourth-order valence-corrected chi connectivity index (χ4v) is 3.55. The smallest absolute Gasteiger partial charge is 0.169 e. The second kappa shape index (κ2) is 8.77. The molecule has 0 fully saturated rings. The molecule has 156 valence electrons. The van der Waals surface area contributed by atoms with E-state index in [0.717, 1.165) is 39.2 Å². The third-order valence-corrected chi connectivity index (χ3v) is 5.11. The van der Waals surface area contributed by atoms with Gasteiger partial charge in [-0.15, -0.1) is 0 Å². The highest BCUT2D eigenvalue weighted by Crippen LogP contribution is 2.33. The number of rotatable bonds is 6. The Morgan fingerprint density at radius 2 is 1.50 bits per heavy atom. The third-order valence-electron chi connectivity index (χ3n) is 5.11. The van der Waals surface area contributed by atoms with E-state index >= 15 is 0 Å². The maximum absolute atomic E-state index is 6.30. The van der Waals surface area contributed by atoms with E-state index in [0.29, 0.717) is 24.6 Å². The van der Waals surface area contributed by atoms with E-state index in [9.17, 15) is 0 Å². The van der Waals surface area contributed by atoms with Gasteiger partial charge in [-0.05, 0) is 24.3 Å². The van der Waals surface area contributed by atoms with Crippen molar-refractivity contribution in [2.45, 2.75) is 6.42 Å². The highest BCUT2D eigenvalue weighted by atomic mass is 15.1. The monoisotopic (exact) mass is 419 g/mol. The van der Waals surface area contributed by atoms with Gasteiger partial charge in [0.1, 0.15) is 5.82 Å². The number of fused-ring (bicyclic) bond motifs is 1. The summed E-state index contributed by atoms with van der Waals surface area (Å²) in [5, 5.41) is 4.34. The van der Waals surface area contributed by atoms with Crippen LogP contribution in [0.15, 0.2) is 85.3 Å². The number of anilines is 2. The van der Waals surface area contributed by atoms with Gasteiger partial charge in [-0.1, -0.05) is 42.5 Å². The minimum atomic E-state index is 0.351. The Kier molecular flexibility index (Phi) is 5.36. The van der Waals surface area contributed by atoms with Gasteiger partial charge >= 0.3 is 0 Å². The maximum Gasteiger partial charge on any atom is 0.169 e. The van der Waals surface area contributed by atoms with E-state index < -0.39 is 0 Å². The van der Waals surface area contributed by atoms with E-state index in [1.54, 1.807) is 24.7 Å². The minimum absolute atomic E-state index is 0.351. The van der Waals surface area contributed by atoms with E-state index in [1.807, 2.05) is 54.6 Å². The van der Waals surface area contributed by atoms with E-state index in [-0.39, 0.29) is 0 Å². The van der Waals surface area contributed by atoms with Gasteiger partial charge in [0.05, 0.1) is 16.9 Å². The summed E-state index contributed by atoms with van der Waals surface area (Å²) in [5.41, 5.74) is 10.6. The van der Waals surface area contributed by atoms with Crippen molar-refractivity contribution < 1.29 is 0 Å². The zero-order valence-corrected chi connectivity index (χ0v) is 17.3. The molecule has 0 aliphatic carbocycles. The quantitative estimate of drug-likeness (QED) is 0.421. The second-order valence-electron chi connectivity index (χ2n) is 7.27. The highest BCUT2D eigenvalue weighted by molar-refractivity contribution is 5.88. The molecule has 0 atom stereocenters. The van der Waals surface area contributed by atoms with Gasteiger partial charge in [-0.2, -0.15) is 0 Å². The Labute approximate surface area is 185 Å². The molecule has 0 aliphatic heterocycles. The van der Waals surface area contributed by atoms with Crippen molar-refractivity contribution in [1.29, 1.82) is 0 Å². The van der Waals surface area contributed by atoms with Gasteiger partial charge in [-0.3, -0.25) is 4.98 Å². The van der Waals surface area contributed by atoms with E-state index in [4.69, 9.17) is 15.7 Å². The molecule has 0 spiro atoms. The van der Waals surface area contributed by atoms with Crippen LogP contribution in [0.3, 0.4) is 0 Å². The summed E-state index contributed by atoms with van der Waals surface area (Å²) in [6.07, 6.45) is 5.91. The molecule has 0 amide bonds. The predicted molar refractivity (Wildman–Crippen MR) is 127 cm³/mol. The fourth-order valence-electron chi connectivity index (χ4n) is 3.55. The van der Waals surface area contributed by atoms with Crippen LogP contribution in [0.25, 0.3) is 33.4 Å². The SMILES string of the molecule is Nc1nc(-c2ccccc2)c(-c2ccc3ncccc3c2)nc1NCCc1ncccn1. The molecule has 5 aromatic rings. The number of hydrogen-bond acceptors (Lipinski definition) is 7. The van der Waals surface area contributed by atoms with Gasteiger partial charge in [0.15, 0.2) is 11.6 Å². The molecule has 0 unspecified atom stereocenters. The molecule has 3 heterocycles. The summed E-state index contributed by atoms with van der Waals surface area (Å²) in [4.78, 5) is 22.6. The van der Waals surface area contributed by atoms with E-state index in [2.05, 4.69) is 26.3 Å². The average molecular weight is 419 g/mol. The lowest BCUT2D eigenvalue weighted by Gasteiger charge is -2.14. The minimum Gasteiger partial charge on any atom is -0.381 e. The molecular weight excluding hydrogens is 398 g/mol. The Hall–Kier alpha value is -4.39. The first-order chi connectivity index (χ1) is 15.8. The highest BCUT2D eigenvalue weighted by Gasteiger charge is 2.16. The summed E-state index contributed by atoms with van der Waals surface area (Å²) in [7, 11) is 0. The van der Waals surface area contributed by atoms with Crippen molar-refractivity contribution in [3.05, 3.63) is 91.1 Å². The zero-order chi connectivity index (χ0) is 21.8. The Bertz CT molecular complexity index is 1360. The Morgan fingerprint density at radius 3 is 2.34 bits per heavy atom. The number of aromatic nitrogens is 5. The molecule has 2 aromatic carbocycles. The molecule has 32 heavy (non-hydrogen) atoms. The van der Waals surface area contributed by atoms with Gasteiger partial charge in [-0.25, -0.2) is 19.9 Å². The van der Waals surface area contributed by atoms with Gasteiger partial charge in [0, 0.05) is 48.1 Å². The zero-order valence-electron chi connectivity index (χ0n) is 17.3. The maximum atomic E-state index is 6.30. The van der Waals surface area contributed by atoms with Crippen LogP contribution in [-0.2, 0) is 6.42 Å². The molecule has 3 aromatic heterocycles. The lowest BCUT2D eigenvalue weighted by molar-refractivity contribution is 0.889. The first kappa shape index (κ1) is 19.6. The third kappa shape index (κ3) is 4.09. The summed E-state index contributed by atoms with van der Waals surface area (Å²) >= 11 is 0. The van der Waals surface area contributed by atoms with Crippen molar-refractivity contribution in [1.82, 2.24) is 24.9 Å². The van der Waals surface area contributed by atoms with Crippen LogP contribution in [-0.4, -0.2) is 31.5 Å². The molecule has 0 aliphatic rings. The number of nitrogens with zero attached hydrogens (tertiary/aromatic N) is 5. The number of pyridine rings is 1. The average Bonchev–Trinajstić information content (AvgIpc) is 2.86.